The monoisotopic (exact) mass is 152 g/mol. The Morgan fingerprint density at radius 3 is 2.45 bits per heavy atom. The van der Waals surface area contributed by atoms with Gasteiger partial charge in [-0.15, -0.1) is 0 Å². The third kappa shape index (κ3) is 0.646. The maximum atomic E-state index is 11.5. The van der Waals surface area contributed by atoms with Crippen LogP contribution in [0.2, 0.25) is 0 Å². The molecule has 2 fully saturated rings. The number of hydrogen-bond donors (Lipinski definition) is 0. The number of Topliss-reactive ketones (excluding diaryl/α,β-unsaturated/α-hetero) is 1. The van der Waals surface area contributed by atoms with E-state index in [-0.39, 0.29) is 5.41 Å². The van der Waals surface area contributed by atoms with E-state index in [1.807, 2.05) is 0 Å². The lowest BCUT2D eigenvalue weighted by molar-refractivity contribution is -0.115. The summed E-state index contributed by atoms with van der Waals surface area (Å²) in [6.45, 7) is 6.60. The zero-order valence-corrected chi connectivity index (χ0v) is 7.55. The number of rotatable bonds is 1. The van der Waals surface area contributed by atoms with Crippen LogP contribution in [0.1, 0.15) is 33.6 Å². The van der Waals surface area contributed by atoms with E-state index in [2.05, 4.69) is 20.8 Å². The van der Waals surface area contributed by atoms with Crippen molar-refractivity contribution < 1.29 is 4.79 Å². The van der Waals surface area contributed by atoms with E-state index in [0.717, 1.165) is 6.42 Å². The highest BCUT2D eigenvalue weighted by Gasteiger charge is 2.70. The summed E-state index contributed by atoms with van der Waals surface area (Å²) in [4.78, 5) is 11.5. The average Bonchev–Trinajstić information content (AvgIpc) is 2.32. The van der Waals surface area contributed by atoms with Crippen molar-refractivity contribution in [2.45, 2.75) is 33.6 Å². The van der Waals surface area contributed by atoms with Crippen LogP contribution in [0, 0.1) is 23.2 Å². The first-order valence-electron chi connectivity index (χ1n) is 4.65. The van der Waals surface area contributed by atoms with Crippen LogP contribution in [0.3, 0.4) is 0 Å². The molecule has 2 rings (SSSR count). The van der Waals surface area contributed by atoms with Crippen LogP contribution in [0.25, 0.3) is 0 Å². The number of fused-ring (bicyclic) bond motifs is 1. The standard InChI is InChI=1S/C10H16O/c1-6(2)10-5-4-7(3)8(10)9(10)11/h6-8H,4-5H2,1-3H3/t7-,8-,10+/m0/s1. The SMILES string of the molecule is CC(C)[C@]12CC[C@H](C)[C@H]1C2=O. The number of hydrogen-bond acceptors (Lipinski definition) is 1. The van der Waals surface area contributed by atoms with Crippen LogP contribution >= 0.6 is 0 Å². The lowest BCUT2D eigenvalue weighted by Crippen LogP contribution is -2.10. The zero-order chi connectivity index (χ0) is 8.22. The summed E-state index contributed by atoms with van der Waals surface area (Å²) in [6.07, 6.45) is 2.43. The van der Waals surface area contributed by atoms with E-state index in [1.165, 1.54) is 6.42 Å². The lowest BCUT2D eigenvalue weighted by Gasteiger charge is -2.12. The van der Waals surface area contributed by atoms with Gasteiger partial charge in [-0.1, -0.05) is 20.8 Å². The number of carbonyl (C=O) groups excluding carboxylic acids is 1. The summed E-state index contributed by atoms with van der Waals surface area (Å²) in [6, 6.07) is 0. The molecular weight excluding hydrogens is 136 g/mol. The third-order valence-corrected chi connectivity index (χ3v) is 3.83. The van der Waals surface area contributed by atoms with E-state index >= 15 is 0 Å². The molecule has 11 heavy (non-hydrogen) atoms. The molecule has 3 atom stereocenters. The van der Waals surface area contributed by atoms with Gasteiger partial charge in [-0.2, -0.15) is 0 Å². The van der Waals surface area contributed by atoms with E-state index in [9.17, 15) is 4.79 Å². The first kappa shape index (κ1) is 7.33. The van der Waals surface area contributed by atoms with Gasteiger partial charge >= 0.3 is 0 Å². The molecule has 2 aliphatic rings. The maximum Gasteiger partial charge on any atom is 0.144 e. The highest BCUT2D eigenvalue weighted by Crippen LogP contribution is 2.66. The van der Waals surface area contributed by atoms with Crippen molar-refractivity contribution in [1.82, 2.24) is 0 Å². The molecule has 0 aliphatic heterocycles. The second-order valence-electron chi connectivity index (χ2n) is 4.55. The van der Waals surface area contributed by atoms with Crippen LogP contribution in [-0.4, -0.2) is 5.78 Å². The van der Waals surface area contributed by atoms with Crippen molar-refractivity contribution in [2.75, 3.05) is 0 Å². The molecule has 1 nitrogen and oxygen atoms in total. The highest BCUT2D eigenvalue weighted by atomic mass is 16.1. The van der Waals surface area contributed by atoms with Gasteiger partial charge < -0.3 is 0 Å². The van der Waals surface area contributed by atoms with Gasteiger partial charge in [-0.25, -0.2) is 0 Å². The highest BCUT2D eigenvalue weighted by molar-refractivity contribution is 6.05. The smallest absolute Gasteiger partial charge is 0.144 e. The van der Waals surface area contributed by atoms with Crippen LogP contribution in [0.15, 0.2) is 0 Å². The quantitative estimate of drug-likeness (QED) is 0.563. The van der Waals surface area contributed by atoms with Gasteiger partial charge in [0, 0.05) is 11.3 Å². The van der Waals surface area contributed by atoms with E-state index < -0.39 is 0 Å². The van der Waals surface area contributed by atoms with Gasteiger partial charge in [-0.05, 0) is 24.7 Å². The van der Waals surface area contributed by atoms with E-state index in [0.29, 0.717) is 23.5 Å². The third-order valence-electron chi connectivity index (χ3n) is 3.83. The molecule has 0 bridgehead atoms. The summed E-state index contributed by atoms with van der Waals surface area (Å²) in [5, 5.41) is 0. The summed E-state index contributed by atoms with van der Waals surface area (Å²) < 4.78 is 0. The summed E-state index contributed by atoms with van der Waals surface area (Å²) in [5.74, 6) is 2.25. The van der Waals surface area contributed by atoms with Crippen molar-refractivity contribution in [3.8, 4) is 0 Å². The molecule has 0 aromatic heterocycles. The fourth-order valence-electron chi connectivity index (χ4n) is 3.00. The number of carbonyl (C=O) groups is 1. The largest absolute Gasteiger partial charge is 0.299 e. The zero-order valence-electron chi connectivity index (χ0n) is 7.55. The molecule has 1 heteroatoms. The van der Waals surface area contributed by atoms with Crippen LogP contribution in [0.4, 0.5) is 0 Å². The minimum atomic E-state index is 0.152. The predicted octanol–water partition coefficient (Wildman–Crippen LogP) is 2.26. The molecule has 0 aromatic carbocycles. The maximum absolute atomic E-state index is 11.5. The van der Waals surface area contributed by atoms with Crippen molar-refractivity contribution in [3.05, 3.63) is 0 Å². The Morgan fingerprint density at radius 1 is 1.55 bits per heavy atom. The van der Waals surface area contributed by atoms with Crippen molar-refractivity contribution in [1.29, 1.82) is 0 Å². The van der Waals surface area contributed by atoms with Crippen LogP contribution < -0.4 is 0 Å². The minimum absolute atomic E-state index is 0.152. The first-order chi connectivity index (χ1) is 5.10. The molecule has 0 radical (unpaired) electrons. The minimum Gasteiger partial charge on any atom is -0.299 e. The fourth-order valence-corrected chi connectivity index (χ4v) is 3.00. The normalized spacial score (nSPS) is 48.2. The van der Waals surface area contributed by atoms with Gasteiger partial charge in [-0.3, -0.25) is 4.79 Å². The lowest BCUT2D eigenvalue weighted by atomic mass is 9.90. The topological polar surface area (TPSA) is 17.1 Å². The van der Waals surface area contributed by atoms with Crippen molar-refractivity contribution in [2.24, 2.45) is 23.2 Å². The van der Waals surface area contributed by atoms with Gasteiger partial charge in [0.1, 0.15) is 5.78 Å². The average molecular weight is 152 g/mol. The Labute approximate surface area is 68.2 Å². The van der Waals surface area contributed by atoms with Crippen LogP contribution in [-0.2, 0) is 4.79 Å². The molecular formula is C10H16O. The van der Waals surface area contributed by atoms with Crippen LogP contribution in [0.5, 0.6) is 0 Å². The molecule has 62 valence electrons. The molecule has 2 aliphatic carbocycles. The first-order valence-corrected chi connectivity index (χ1v) is 4.65. The molecule has 0 unspecified atom stereocenters. The van der Waals surface area contributed by atoms with Gasteiger partial charge in [0.05, 0.1) is 0 Å². The van der Waals surface area contributed by atoms with Gasteiger partial charge in [0.15, 0.2) is 0 Å². The summed E-state index contributed by atoms with van der Waals surface area (Å²) in [7, 11) is 0. The molecule has 0 N–H and O–H groups in total. The Kier molecular flexibility index (Phi) is 1.25. The Morgan fingerprint density at radius 2 is 2.18 bits per heavy atom. The van der Waals surface area contributed by atoms with Crippen molar-refractivity contribution in [3.63, 3.8) is 0 Å². The fraction of sp³-hybridized carbons (Fsp3) is 0.900. The molecule has 0 heterocycles. The molecule has 0 saturated heterocycles. The van der Waals surface area contributed by atoms with Gasteiger partial charge in [0.2, 0.25) is 0 Å². The van der Waals surface area contributed by atoms with E-state index in [4.69, 9.17) is 0 Å². The van der Waals surface area contributed by atoms with Gasteiger partial charge in [0.25, 0.3) is 0 Å². The molecule has 0 amide bonds. The Bertz CT molecular complexity index is 207. The predicted molar refractivity (Wildman–Crippen MR) is 44.2 cm³/mol. The molecule has 0 spiro atoms. The van der Waals surface area contributed by atoms with Crippen molar-refractivity contribution >= 4 is 5.78 Å². The summed E-state index contributed by atoms with van der Waals surface area (Å²) in [5.41, 5.74) is 0.152. The van der Waals surface area contributed by atoms with E-state index in [1.54, 1.807) is 0 Å². The molecule has 2 saturated carbocycles. The Balaban J connectivity index is 2.25. The molecule has 0 aromatic rings. The Hall–Kier alpha value is -0.330. The summed E-state index contributed by atoms with van der Waals surface area (Å²) >= 11 is 0. The second-order valence-corrected chi connectivity index (χ2v) is 4.55. The number of ketones is 1. The second kappa shape index (κ2) is 1.88.